The minimum absolute atomic E-state index is 0.194. The fourth-order valence-electron chi connectivity index (χ4n) is 3.94. The number of benzene rings is 2. The molecule has 156 valence electrons. The Morgan fingerprint density at radius 2 is 1.77 bits per heavy atom. The largest absolute Gasteiger partial charge is 0.369 e. The number of rotatable bonds is 5. The van der Waals surface area contributed by atoms with Crippen molar-refractivity contribution in [3.63, 3.8) is 0 Å². The quantitative estimate of drug-likeness (QED) is 0.679. The number of piperazine rings is 1. The topological polar surface area (TPSA) is 60.5 Å². The third kappa shape index (κ3) is 4.71. The lowest BCUT2D eigenvalue weighted by Gasteiger charge is -2.39. The molecule has 3 aromatic rings. The van der Waals surface area contributed by atoms with Crippen LogP contribution >= 0.6 is 0 Å². The Hall–Kier alpha value is -3.12. The number of anilines is 2. The van der Waals surface area contributed by atoms with Crippen LogP contribution in [0, 0.1) is 6.92 Å². The van der Waals surface area contributed by atoms with E-state index in [1.165, 1.54) is 5.69 Å². The first-order valence-corrected chi connectivity index (χ1v) is 10.6. The average molecular weight is 404 g/mol. The fraction of sp³-hybridized carbons (Fsp3) is 0.333. The molecule has 1 aromatic heterocycles. The van der Waals surface area contributed by atoms with Crippen molar-refractivity contribution in [3.05, 3.63) is 66.4 Å². The van der Waals surface area contributed by atoms with Crippen molar-refractivity contribution < 1.29 is 4.79 Å². The number of carbonyl (C=O) groups excluding carboxylic acids is 1. The van der Waals surface area contributed by atoms with E-state index in [1.54, 1.807) is 0 Å². The Bertz CT molecular complexity index is 999. The summed E-state index contributed by atoms with van der Waals surface area (Å²) < 4.78 is 0. The smallest absolute Gasteiger partial charge is 0.319 e. The SMILES string of the molecule is Cc1ccc2cccc(NC(=O)NCC(C)N3CCN(c4ccccc4)CC3)c2n1. The van der Waals surface area contributed by atoms with Crippen LogP contribution in [0.5, 0.6) is 0 Å². The summed E-state index contributed by atoms with van der Waals surface area (Å²) in [6.07, 6.45) is 0. The van der Waals surface area contributed by atoms with Crippen LogP contribution in [0.4, 0.5) is 16.2 Å². The average Bonchev–Trinajstić information content (AvgIpc) is 2.78. The number of aromatic nitrogens is 1. The molecule has 2 aromatic carbocycles. The molecule has 6 nitrogen and oxygen atoms in total. The van der Waals surface area contributed by atoms with Crippen LogP contribution in [-0.2, 0) is 0 Å². The van der Waals surface area contributed by atoms with E-state index in [1.807, 2.05) is 43.3 Å². The molecule has 0 bridgehead atoms. The fourth-order valence-corrected chi connectivity index (χ4v) is 3.94. The van der Waals surface area contributed by atoms with Gasteiger partial charge in [0.1, 0.15) is 0 Å². The zero-order chi connectivity index (χ0) is 20.9. The molecule has 1 fully saturated rings. The second-order valence-electron chi connectivity index (χ2n) is 7.87. The van der Waals surface area contributed by atoms with Crippen molar-refractivity contribution in [3.8, 4) is 0 Å². The molecule has 2 N–H and O–H groups in total. The maximum atomic E-state index is 12.5. The van der Waals surface area contributed by atoms with Gasteiger partial charge in [0.05, 0.1) is 11.2 Å². The third-order valence-corrected chi connectivity index (χ3v) is 5.72. The molecule has 1 saturated heterocycles. The summed E-state index contributed by atoms with van der Waals surface area (Å²) in [7, 11) is 0. The van der Waals surface area contributed by atoms with E-state index in [-0.39, 0.29) is 12.1 Å². The molecular weight excluding hydrogens is 374 g/mol. The predicted molar refractivity (Wildman–Crippen MR) is 123 cm³/mol. The molecule has 2 heterocycles. The molecular formula is C24H29N5O. The minimum Gasteiger partial charge on any atom is -0.369 e. The maximum absolute atomic E-state index is 12.5. The van der Waals surface area contributed by atoms with Crippen molar-refractivity contribution in [2.75, 3.05) is 42.9 Å². The molecule has 2 amide bonds. The number of aryl methyl sites for hydroxylation is 1. The van der Waals surface area contributed by atoms with Gasteiger partial charge in [-0.3, -0.25) is 9.88 Å². The monoisotopic (exact) mass is 403 g/mol. The molecule has 1 aliphatic heterocycles. The highest BCUT2D eigenvalue weighted by Crippen LogP contribution is 2.21. The van der Waals surface area contributed by atoms with Gasteiger partial charge in [0.15, 0.2) is 0 Å². The lowest BCUT2D eigenvalue weighted by atomic mass is 10.2. The van der Waals surface area contributed by atoms with Crippen LogP contribution in [0.3, 0.4) is 0 Å². The molecule has 0 radical (unpaired) electrons. The number of nitrogens with zero attached hydrogens (tertiary/aromatic N) is 3. The summed E-state index contributed by atoms with van der Waals surface area (Å²) in [5, 5.41) is 6.99. The van der Waals surface area contributed by atoms with Gasteiger partial charge in [-0.25, -0.2) is 4.79 Å². The first-order chi connectivity index (χ1) is 14.6. The van der Waals surface area contributed by atoms with Crippen molar-refractivity contribution in [2.24, 2.45) is 0 Å². The molecule has 0 aliphatic carbocycles. The van der Waals surface area contributed by atoms with Crippen LogP contribution < -0.4 is 15.5 Å². The van der Waals surface area contributed by atoms with Crippen LogP contribution in [0.25, 0.3) is 10.9 Å². The number of hydrogen-bond acceptors (Lipinski definition) is 4. The van der Waals surface area contributed by atoms with E-state index in [0.717, 1.165) is 48.5 Å². The van der Waals surface area contributed by atoms with Crippen LogP contribution in [0.15, 0.2) is 60.7 Å². The van der Waals surface area contributed by atoms with Gasteiger partial charge >= 0.3 is 6.03 Å². The normalized spacial score (nSPS) is 15.7. The van der Waals surface area contributed by atoms with Crippen LogP contribution in [0.1, 0.15) is 12.6 Å². The number of para-hydroxylation sites is 2. The number of amides is 2. The van der Waals surface area contributed by atoms with Crippen molar-refractivity contribution >= 4 is 28.3 Å². The van der Waals surface area contributed by atoms with Crippen molar-refractivity contribution in [2.45, 2.75) is 19.9 Å². The van der Waals surface area contributed by atoms with Gasteiger partial charge in [-0.15, -0.1) is 0 Å². The van der Waals surface area contributed by atoms with Gasteiger partial charge in [-0.05, 0) is 38.1 Å². The highest BCUT2D eigenvalue weighted by atomic mass is 16.2. The van der Waals surface area contributed by atoms with E-state index in [9.17, 15) is 4.79 Å². The lowest BCUT2D eigenvalue weighted by molar-refractivity contribution is 0.192. The number of nitrogens with one attached hydrogen (secondary N) is 2. The summed E-state index contributed by atoms with van der Waals surface area (Å²) in [4.78, 5) is 21.9. The Labute approximate surface area is 177 Å². The van der Waals surface area contributed by atoms with Gasteiger partial charge in [0, 0.05) is 55.5 Å². The summed E-state index contributed by atoms with van der Waals surface area (Å²) in [5.41, 5.74) is 3.76. The summed E-state index contributed by atoms with van der Waals surface area (Å²) in [5.74, 6) is 0. The molecule has 30 heavy (non-hydrogen) atoms. The highest BCUT2D eigenvalue weighted by Gasteiger charge is 2.21. The molecule has 1 aliphatic rings. The zero-order valence-corrected chi connectivity index (χ0v) is 17.6. The number of pyridine rings is 1. The van der Waals surface area contributed by atoms with Gasteiger partial charge in [-0.2, -0.15) is 0 Å². The van der Waals surface area contributed by atoms with E-state index >= 15 is 0 Å². The minimum atomic E-state index is -0.194. The Morgan fingerprint density at radius 3 is 2.53 bits per heavy atom. The molecule has 0 spiro atoms. The lowest BCUT2D eigenvalue weighted by Crippen LogP contribution is -2.52. The zero-order valence-electron chi connectivity index (χ0n) is 17.6. The van der Waals surface area contributed by atoms with Crippen molar-refractivity contribution in [1.29, 1.82) is 0 Å². The van der Waals surface area contributed by atoms with Gasteiger partial charge in [-0.1, -0.05) is 36.4 Å². The van der Waals surface area contributed by atoms with E-state index in [4.69, 9.17) is 0 Å². The van der Waals surface area contributed by atoms with E-state index in [2.05, 4.69) is 56.6 Å². The second kappa shape index (κ2) is 9.13. The van der Waals surface area contributed by atoms with E-state index in [0.29, 0.717) is 6.54 Å². The molecule has 6 heteroatoms. The summed E-state index contributed by atoms with van der Waals surface area (Å²) in [6, 6.07) is 20.5. The Balaban J connectivity index is 1.28. The summed E-state index contributed by atoms with van der Waals surface area (Å²) >= 11 is 0. The summed E-state index contributed by atoms with van der Waals surface area (Å²) in [6.45, 7) is 8.71. The number of carbonyl (C=O) groups is 1. The van der Waals surface area contributed by atoms with Gasteiger partial charge in [0.2, 0.25) is 0 Å². The van der Waals surface area contributed by atoms with Gasteiger partial charge in [0.25, 0.3) is 0 Å². The molecule has 1 atom stereocenters. The number of hydrogen-bond donors (Lipinski definition) is 2. The number of fused-ring (bicyclic) bond motifs is 1. The third-order valence-electron chi connectivity index (χ3n) is 5.72. The van der Waals surface area contributed by atoms with Crippen LogP contribution in [0.2, 0.25) is 0 Å². The van der Waals surface area contributed by atoms with E-state index < -0.39 is 0 Å². The second-order valence-corrected chi connectivity index (χ2v) is 7.87. The predicted octanol–water partition coefficient (Wildman–Crippen LogP) is 3.88. The molecule has 4 rings (SSSR count). The first kappa shape index (κ1) is 20.2. The first-order valence-electron chi connectivity index (χ1n) is 10.6. The standard InChI is InChI=1S/C24H29N5O/c1-18-11-12-20-7-6-10-22(23(20)26-18)27-24(30)25-17-19(2)28-13-15-29(16-14-28)21-8-4-3-5-9-21/h3-12,19H,13-17H2,1-2H3,(H2,25,27,30). The molecule has 0 saturated carbocycles. The van der Waals surface area contributed by atoms with Crippen LogP contribution in [-0.4, -0.2) is 54.7 Å². The number of urea groups is 1. The van der Waals surface area contributed by atoms with Crippen molar-refractivity contribution in [1.82, 2.24) is 15.2 Å². The maximum Gasteiger partial charge on any atom is 0.319 e. The molecule has 1 unspecified atom stereocenters. The Morgan fingerprint density at radius 1 is 1.00 bits per heavy atom. The highest BCUT2D eigenvalue weighted by molar-refractivity contribution is 5.99. The Kier molecular flexibility index (Phi) is 6.14. The van der Waals surface area contributed by atoms with Gasteiger partial charge < -0.3 is 15.5 Å².